The first kappa shape index (κ1) is 16.0. The molecule has 3 fully saturated rings. The highest BCUT2D eigenvalue weighted by molar-refractivity contribution is 7.86. The Labute approximate surface area is 133 Å². The molecule has 0 aromatic carbocycles. The first-order valence-corrected chi connectivity index (χ1v) is 9.98. The molecule has 0 spiro atoms. The average Bonchev–Trinajstić information content (AvgIpc) is 2.71. The number of piperidine rings is 1. The molecule has 0 N–H and O–H groups in total. The third kappa shape index (κ3) is 3.11. The van der Waals surface area contributed by atoms with Gasteiger partial charge >= 0.3 is 0 Å². The van der Waals surface area contributed by atoms with Gasteiger partial charge in [0.05, 0.1) is 0 Å². The van der Waals surface area contributed by atoms with Crippen LogP contribution in [0.3, 0.4) is 0 Å². The zero-order chi connectivity index (χ0) is 15.0. The molecular formula is C14H26ClN3O2S. The van der Waals surface area contributed by atoms with E-state index in [0.717, 1.165) is 25.7 Å². The van der Waals surface area contributed by atoms with Gasteiger partial charge in [-0.15, -0.1) is 11.6 Å². The molecule has 21 heavy (non-hydrogen) atoms. The van der Waals surface area contributed by atoms with E-state index in [0.29, 0.717) is 50.1 Å². The smallest absolute Gasteiger partial charge is 0.282 e. The summed E-state index contributed by atoms with van der Waals surface area (Å²) >= 11 is 5.94. The van der Waals surface area contributed by atoms with Crippen molar-refractivity contribution in [3.63, 3.8) is 0 Å². The van der Waals surface area contributed by atoms with E-state index in [1.165, 1.54) is 6.42 Å². The van der Waals surface area contributed by atoms with Crippen molar-refractivity contribution in [2.45, 2.75) is 44.2 Å². The van der Waals surface area contributed by atoms with Gasteiger partial charge < -0.3 is 0 Å². The van der Waals surface area contributed by atoms with Gasteiger partial charge in [-0.1, -0.05) is 0 Å². The normalized spacial score (nSPS) is 36.8. The van der Waals surface area contributed by atoms with Crippen LogP contribution >= 0.6 is 11.6 Å². The van der Waals surface area contributed by atoms with Crippen molar-refractivity contribution < 1.29 is 8.42 Å². The van der Waals surface area contributed by atoms with Gasteiger partial charge in [-0.3, -0.25) is 4.90 Å². The Kier molecular flexibility index (Phi) is 4.81. The molecule has 3 heterocycles. The number of nitrogens with zero attached hydrogens (tertiary/aromatic N) is 3. The number of alkyl halides is 1. The van der Waals surface area contributed by atoms with Crippen molar-refractivity contribution in [1.82, 2.24) is 13.5 Å². The molecule has 3 atom stereocenters. The standard InChI is InChI=1S/C14H26ClN3O2S/c1-16-13-4-5-14(16)11-18(8-6-13)21(19,20)17-7-2-3-12(9-15)10-17/h12-14H,2-11H2,1H3. The predicted octanol–water partition coefficient (Wildman–Crippen LogP) is 1.35. The van der Waals surface area contributed by atoms with Gasteiger partial charge in [0.1, 0.15) is 0 Å². The predicted molar refractivity (Wildman–Crippen MR) is 84.7 cm³/mol. The summed E-state index contributed by atoms with van der Waals surface area (Å²) in [5.41, 5.74) is 0. The van der Waals surface area contributed by atoms with E-state index in [1.54, 1.807) is 8.61 Å². The van der Waals surface area contributed by atoms with Gasteiger partial charge in [0.15, 0.2) is 0 Å². The molecule has 3 aliphatic heterocycles. The lowest BCUT2D eigenvalue weighted by molar-refractivity contribution is 0.236. The van der Waals surface area contributed by atoms with Crippen LogP contribution in [0.2, 0.25) is 0 Å². The van der Waals surface area contributed by atoms with Crippen LogP contribution in [0.5, 0.6) is 0 Å². The molecule has 0 radical (unpaired) electrons. The van der Waals surface area contributed by atoms with E-state index in [-0.39, 0.29) is 0 Å². The molecule has 3 aliphatic rings. The Bertz CT molecular complexity index is 473. The van der Waals surface area contributed by atoms with E-state index >= 15 is 0 Å². The lowest BCUT2D eigenvalue weighted by atomic mass is 10.0. The minimum atomic E-state index is -3.32. The molecule has 0 amide bonds. The van der Waals surface area contributed by atoms with Crippen LogP contribution in [-0.2, 0) is 10.2 Å². The molecule has 122 valence electrons. The Morgan fingerprint density at radius 2 is 1.71 bits per heavy atom. The second kappa shape index (κ2) is 6.32. The maximum absolute atomic E-state index is 12.9. The quantitative estimate of drug-likeness (QED) is 0.731. The Hall–Kier alpha value is 0.120. The molecule has 0 aliphatic carbocycles. The van der Waals surface area contributed by atoms with Crippen LogP contribution < -0.4 is 0 Å². The molecule has 3 saturated heterocycles. The van der Waals surface area contributed by atoms with Gasteiger partial charge in [-0.05, 0) is 45.1 Å². The van der Waals surface area contributed by atoms with Crippen LogP contribution in [0.25, 0.3) is 0 Å². The zero-order valence-electron chi connectivity index (χ0n) is 12.7. The molecule has 5 nitrogen and oxygen atoms in total. The number of hydrogen-bond donors (Lipinski definition) is 0. The second-order valence-corrected chi connectivity index (χ2v) is 8.96. The number of fused-ring (bicyclic) bond motifs is 2. The summed E-state index contributed by atoms with van der Waals surface area (Å²) in [5.74, 6) is 0.862. The SMILES string of the molecule is CN1C2CCC1CN(S(=O)(=O)N1CCCC(CCl)C1)CC2. The van der Waals surface area contributed by atoms with Crippen molar-refractivity contribution in [3.05, 3.63) is 0 Å². The first-order chi connectivity index (χ1) is 10.0. The number of rotatable bonds is 3. The van der Waals surface area contributed by atoms with Crippen LogP contribution in [-0.4, -0.2) is 73.1 Å². The molecular weight excluding hydrogens is 310 g/mol. The van der Waals surface area contributed by atoms with Crippen molar-refractivity contribution in [2.24, 2.45) is 5.92 Å². The first-order valence-electron chi connectivity index (χ1n) is 8.05. The van der Waals surface area contributed by atoms with Crippen molar-refractivity contribution >= 4 is 21.8 Å². The number of likely N-dealkylation sites (N-methyl/N-ethyl adjacent to an activating group) is 1. The van der Waals surface area contributed by atoms with E-state index in [9.17, 15) is 8.42 Å². The fourth-order valence-corrected chi connectivity index (χ4v) is 6.05. The van der Waals surface area contributed by atoms with Crippen LogP contribution in [0.4, 0.5) is 0 Å². The van der Waals surface area contributed by atoms with Crippen LogP contribution in [0.1, 0.15) is 32.1 Å². The van der Waals surface area contributed by atoms with Crippen LogP contribution in [0.15, 0.2) is 0 Å². The maximum Gasteiger partial charge on any atom is 0.282 e. The Morgan fingerprint density at radius 1 is 1.00 bits per heavy atom. The summed E-state index contributed by atoms with van der Waals surface area (Å²) in [7, 11) is -1.17. The zero-order valence-corrected chi connectivity index (χ0v) is 14.3. The molecule has 7 heteroatoms. The Balaban J connectivity index is 1.72. The fourth-order valence-electron chi connectivity index (χ4n) is 4.01. The minimum Gasteiger partial charge on any atom is -0.299 e. The molecule has 0 aromatic rings. The second-order valence-electron chi connectivity index (χ2n) is 6.73. The van der Waals surface area contributed by atoms with Gasteiger partial charge in [0, 0.05) is 44.1 Å². The third-order valence-electron chi connectivity index (χ3n) is 5.46. The summed E-state index contributed by atoms with van der Waals surface area (Å²) < 4.78 is 29.3. The molecule has 3 unspecified atom stereocenters. The van der Waals surface area contributed by atoms with Crippen molar-refractivity contribution in [2.75, 3.05) is 39.1 Å². The summed E-state index contributed by atoms with van der Waals surface area (Å²) in [6.07, 6.45) is 5.27. The topological polar surface area (TPSA) is 43.9 Å². The lowest BCUT2D eigenvalue weighted by Crippen LogP contribution is -2.50. The molecule has 3 rings (SSSR count). The summed E-state index contributed by atoms with van der Waals surface area (Å²) in [4.78, 5) is 2.38. The molecule has 0 saturated carbocycles. The third-order valence-corrected chi connectivity index (χ3v) is 7.87. The Morgan fingerprint density at radius 3 is 2.48 bits per heavy atom. The average molecular weight is 336 g/mol. The van der Waals surface area contributed by atoms with Gasteiger partial charge in [-0.25, -0.2) is 0 Å². The monoisotopic (exact) mass is 335 g/mol. The van der Waals surface area contributed by atoms with E-state index in [2.05, 4.69) is 11.9 Å². The van der Waals surface area contributed by atoms with E-state index in [4.69, 9.17) is 11.6 Å². The van der Waals surface area contributed by atoms with Crippen molar-refractivity contribution in [3.8, 4) is 0 Å². The fraction of sp³-hybridized carbons (Fsp3) is 1.00. The van der Waals surface area contributed by atoms with Gasteiger partial charge in [0.25, 0.3) is 10.2 Å². The lowest BCUT2D eigenvalue weighted by Gasteiger charge is -2.35. The highest BCUT2D eigenvalue weighted by Gasteiger charge is 2.40. The van der Waals surface area contributed by atoms with Gasteiger partial charge in [0.2, 0.25) is 0 Å². The summed E-state index contributed by atoms with van der Waals surface area (Å²) in [5, 5.41) is 0. The summed E-state index contributed by atoms with van der Waals surface area (Å²) in [6.45, 7) is 2.55. The summed E-state index contributed by atoms with van der Waals surface area (Å²) in [6, 6.07) is 0.952. The highest BCUT2D eigenvalue weighted by atomic mass is 35.5. The number of halogens is 1. The van der Waals surface area contributed by atoms with E-state index in [1.807, 2.05) is 0 Å². The molecule has 2 bridgehead atoms. The molecule has 0 aromatic heterocycles. The van der Waals surface area contributed by atoms with E-state index < -0.39 is 10.2 Å². The highest BCUT2D eigenvalue weighted by Crippen LogP contribution is 2.31. The van der Waals surface area contributed by atoms with Gasteiger partial charge in [-0.2, -0.15) is 17.0 Å². The number of hydrogen-bond acceptors (Lipinski definition) is 3. The largest absolute Gasteiger partial charge is 0.299 e. The van der Waals surface area contributed by atoms with Crippen molar-refractivity contribution in [1.29, 1.82) is 0 Å². The minimum absolute atomic E-state index is 0.307. The maximum atomic E-state index is 12.9. The van der Waals surface area contributed by atoms with Crippen LogP contribution in [0, 0.1) is 5.92 Å².